The standard InChI is InChI=1S/C14H12O5S.K/c1-10-6-8-11(9-7-10)20(17,18)19-13-5-3-2-4-12(13)14(15)16;/h2-9H,1H3,(H,15,16);/q;+1/p-1. The van der Waals surface area contributed by atoms with Gasteiger partial charge in [-0.3, -0.25) is 0 Å². The van der Waals surface area contributed by atoms with Crippen LogP contribution in [0.15, 0.2) is 53.4 Å². The summed E-state index contributed by atoms with van der Waals surface area (Å²) in [5.74, 6) is -1.77. The molecule has 0 saturated carbocycles. The minimum Gasteiger partial charge on any atom is -0.545 e. The van der Waals surface area contributed by atoms with Crippen molar-refractivity contribution in [3.8, 4) is 5.75 Å². The van der Waals surface area contributed by atoms with E-state index in [4.69, 9.17) is 4.18 Å². The predicted octanol–water partition coefficient (Wildman–Crippen LogP) is -1.87. The smallest absolute Gasteiger partial charge is 0.545 e. The first kappa shape index (κ1) is 18.3. The second-order valence-corrected chi connectivity index (χ2v) is 5.68. The van der Waals surface area contributed by atoms with Crippen molar-refractivity contribution in [2.45, 2.75) is 11.8 Å². The number of carboxylic acid groups (broad SMARTS) is 1. The Labute approximate surface area is 165 Å². The first-order valence-corrected chi connectivity index (χ1v) is 7.12. The third-order valence-corrected chi connectivity index (χ3v) is 3.86. The average Bonchev–Trinajstić information content (AvgIpc) is 2.39. The molecule has 0 saturated heterocycles. The summed E-state index contributed by atoms with van der Waals surface area (Å²) in [5, 5.41) is 10.9. The molecule has 5 nitrogen and oxygen atoms in total. The van der Waals surface area contributed by atoms with Crippen LogP contribution in [0.2, 0.25) is 0 Å². The Balaban J connectivity index is 0.00000220. The molecule has 21 heavy (non-hydrogen) atoms. The molecule has 104 valence electrons. The topological polar surface area (TPSA) is 83.5 Å². The van der Waals surface area contributed by atoms with Crippen LogP contribution in [0.4, 0.5) is 0 Å². The van der Waals surface area contributed by atoms with Crippen molar-refractivity contribution in [2.75, 3.05) is 0 Å². The molecule has 0 amide bonds. The third kappa shape index (κ3) is 4.63. The SMILES string of the molecule is Cc1ccc(S(=O)(=O)Oc2ccccc2C(=O)[O-])cc1.[K+]. The van der Waals surface area contributed by atoms with Crippen molar-refractivity contribution < 1.29 is 73.9 Å². The van der Waals surface area contributed by atoms with Crippen molar-refractivity contribution in [2.24, 2.45) is 0 Å². The molecule has 2 aromatic rings. The molecule has 0 bridgehead atoms. The monoisotopic (exact) mass is 330 g/mol. The Bertz CT molecular complexity index is 738. The van der Waals surface area contributed by atoms with Crippen LogP contribution in [0.25, 0.3) is 0 Å². The van der Waals surface area contributed by atoms with Gasteiger partial charge < -0.3 is 14.1 Å². The van der Waals surface area contributed by atoms with Gasteiger partial charge in [-0.2, -0.15) is 8.42 Å². The summed E-state index contributed by atoms with van der Waals surface area (Å²) < 4.78 is 29.0. The molecule has 2 aromatic carbocycles. The van der Waals surface area contributed by atoms with Crippen LogP contribution in [0.3, 0.4) is 0 Å². The van der Waals surface area contributed by atoms with Crippen LogP contribution < -0.4 is 60.7 Å². The molecule has 0 N–H and O–H groups in total. The van der Waals surface area contributed by atoms with Gasteiger partial charge in [-0.15, -0.1) is 0 Å². The molecule has 7 heteroatoms. The molecule has 0 aromatic heterocycles. The van der Waals surface area contributed by atoms with Gasteiger partial charge in [0.25, 0.3) is 0 Å². The van der Waals surface area contributed by atoms with E-state index in [9.17, 15) is 18.3 Å². The third-order valence-electron chi connectivity index (χ3n) is 2.62. The number of aromatic carboxylic acids is 1. The first-order valence-electron chi connectivity index (χ1n) is 5.72. The maximum Gasteiger partial charge on any atom is 1.00 e. The van der Waals surface area contributed by atoms with E-state index >= 15 is 0 Å². The Morgan fingerprint density at radius 2 is 1.62 bits per heavy atom. The van der Waals surface area contributed by atoms with Crippen molar-refractivity contribution in [1.29, 1.82) is 0 Å². The van der Waals surface area contributed by atoms with Crippen molar-refractivity contribution in [1.82, 2.24) is 0 Å². The normalized spacial score (nSPS) is 10.5. The summed E-state index contributed by atoms with van der Waals surface area (Å²) in [7, 11) is -4.08. The van der Waals surface area contributed by atoms with E-state index in [1.165, 1.54) is 36.4 Å². The fraction of sp³-hybridized carbons (Fsp3) is 0.0714. The average molecular weight is 330 g/mol. The van der Waals surface area contributed by atoms with Gasteiger partial charge in [0.15, 0.2) is 5.75 Å². The number of carboxylic acids is 1. The van der Waals surface area contributed by atoms with Gasteiger partial charge >= 0.3 is 61.5 Å². The molecule has 2 rings (SSSR count). The number of para-hydroxylation sites is 1. The van der Waals surface area contributed by atoms with Crippen LogP contribution in [0, 0.1) is 6.92 Å². The Kier molecular flexibility index (Phi) is 6.57. The number of carbonyl (C=O) groups excluding carboxylic acids is 1. The van der Waals surface area contributed by atoms with Gasteiger partial charge in [-0.1, -0.05) is 29.8 Å². The minimum absolute atomic E-state index is 0. The van der Waals surface area contributed by atoms with Crippen molar-refractivity contribution >= 4 is 16.1 Å². The maximum absolute atomic E-state index is 12.1. The summed E-state index contributed by atoms with van der Waals surface area (Å²) in [5.41, 5.74) is 0.585. The first-order chi connectivity index (χ1) is 9.40. The molecule has 0 unspecified atom stereocenters. The van der Waals surface area contributed by atoms with E-state index in [0.717, 1.165) is 5.56 Å². The van der Waals surface area contributed by atoms with Gasteiger partial charge in [0.05, 0.1) is 5.97 Å². The molecular formula is C14H11KO5S. The van der Waals surface area contributed by atoms with Crippen LogP contribution in [0.1, 0.15) is 15.9 Å². The Morgan fingerprint density at radius 1 is 1.05 bits per heavy atom. The fourth-order valence-corrected chi connectivity index (χ4v) is 2.53. The van der Waals surface area contributed by atoms with Crippen LogP contribution in [0.5, 0.6) is 5.75 Å². The van der Waals surface area contributed by atoms with Gasteiger partial charge in [-0.05, 0) is 31.2 Å². The van der Waals surface area contributed by atoms with E-state index in [-0.39, 0.29) is 67.6 Å². The summed E-state index contributed by atoms with van der Waals surface area (Å²) >= 11 is 0. The van der Waals surface area contributed by atoms with E-state index in [0.29, 0.717) is 0 Å². The van der Waals surface area contributed by atoms with Crippen molar-refractivity contribution in [3.63, 3.8) is 0 Å². The number of carbonyl (C=O) groups is 1. The van der Waals surface area contributed by atoms with E-state index in [1.54, 1.807) is 12.1 Å². The molecule has 0 radical (unpaired) electrons. The number of aryl methyl sites for hydroxylation is 1. The van der Waals surface area contributed by atoms with Crippen LogP contribution >= 0.6 is 0 Å². The number of rotatable bonds is 4. The number of hydrogen-bond donors (Lipinski definition) is 0. The zero-order valence-corrected chi connectivity index (χ0v) is 15.5. The minimum atomic E-state index is -4.08. The van der Waals surface area contributed by atoms with Crippen LogP contribution in [-0.4, -0.2) is 14.4 Å². The van der Waals surface area contributed by atoms with Gasteiger partial charge in [-0.25, -0.2) is 0 Å². The second-order valence-electron chi connectivity index (χ2n) is 4.13. The molecule has 0 spiro atoms. The van der Waals surface area contributed by atoms with Gasteiger partial charge in [0, 0.05) is 5.56 Å². The summed E-state index contributed by atoms with van der Waals surface area (Å²) in [4.78, 5) is 10.9. The molecule has 0 aliphatic heterocycles. The molecule has 0 atom stereocenters. The van der Waals surface area contributed by atoms with E-state index in [2.05, 4.69) is 0 Å². The van der Waals surface area contributed by atoms with Crippen LogP contribution in [-0.2, 0) is 10.1 Å². The second kappa shape index (κ2) is 7.53. The number of benzene rings is 2. The largest absolute Gasteiger partial charge is 1.00 e. The Morgan fingerprint density at radius 3 is 2.19 bits per heavy atom. The molecule has 0 aliphatic carbocycles. The van der Waals surface area contributed by atoms with Crippen molar-refractivity contribution in [3.05, 3.63) is 59.7 Å². The van der Waals surface area contributed by atoms with E-state index < -0.39 is 16.1 Å². The quantitative estimate of drug-likeness (QED) is 0.484. The molecular weight excluding hydrogens is 319 g/mol. The fourth-order valence-electron chi connectivity index (χ4n) is 1.58. The predicted molar refractivity (Wildman–Crippen MR) is 69.8 cm³/mol. The van der Waals surface area contributed by atoms with E-state index in [1.807, 2.05) is 6.92 Å². The molecule has 0 aliphatic rings. The summed E-state index contributed by atoms with van der Waals surface area (Å²) in [6, 6.07) is 11.5. The zero-order valence-electron chi connectivity index (χ0n) is 11.6. The van der Waals surface area contributed by atoms with Gasteiger partial charge in [0.2, 0.25) is 0 Å². The van der Waals surface area contributed by atoms with Gasteiger partial charge in [0.1, 0.15) is 4.90 Å². The number of hydrogen-bond acceptors (Lipinski definition) is 5. The Hall–Kier alpha value is -0.704. The summed E-state index contributed by atoms with van der Waals surface area (Å²) in [6.07, 6.45) is 0. The molecule has 0 fully saturated rings. The molecule has 0 heterocycles. The maximum atomic E-state index is 12.1. The zero-order chi connectivity index (χ0) is 14.8. The summed E-state index contributed by atoms with van der Waals surface area (Å²) in [6.45, 7) is 1.82.